The first-order valence-corrected chi connectivity index (χ1v) is 5.90. The van der Waals surface area contributed by atoms with Gasteiger partial charge in [-0.25, -0.2) is 4.98 Å². The fourth-order valence-electron chi connectivity index (χ4n) is 1.69. The molecule has 0 aliphatic heterocycles. The molecule has 0 fully saturated rings. The van der Waals surface area contributed by atoms with Crippen molar-refractivity contribution in [3.63, 3.8) is 0 Å². The molecule has 2 aromatic heterocycles. The summed E-state index contributed by atoms with van der Waals surface area (Å²) in [6.07, 6.45) is 3.93. The third-order valence-corrected chi connectivity index (χ3v) is 3.46. The van der Waals surface area contributed by atoms with Crippen LogP contribution >= 0.6 is 11.3 Å². The molecule has 0 bridgehead atoms. The van der Waals surface area contributed by atoms with Gasteiger partial charge in [0, 0.05) is 24.2 Å². The second kappa shape index (κ2) is 4.59. The molecule has 0 saturated heterocycles. The fraction of sp³-hybridized carbons (Fsp3) is 0.364. The van der Waals surface area contributed by atoms with Crippen LogP contribution in [0.4, 0.5) is 0 Å². The first kappa shape index (κ1) is 10.4. The number of aromatic nitrogens is 2. The average Bonchev–Trinajstić information content (AvgIpc) is 2.84. The third-order valence-electron chi connectivity index (χ3n) is 2.53. The second-order valence-corrected chi connectivity index (χ2v) is 4.56. The van der Waals surface area contributed by atoms with E-state index in [4.69, 9.17) is 5.73 Å². The number of hydrogen-bond acceptors (Lipinski definition) is 3. The minimum absolute atomic E-state index is 0.528. The highest BCUT2D eigenvalue weighted by atomic mass is 32.1. The Kier molecular flexibility index (Phi) is 3.18. The summed E-state index contributed by atoms with van der Waals surface area (Å²) < 4.78 is 2.07. The molecule has 4 heteroatoms. The normalized spacial score (nSPS) is 10.8. The Bertz CT molecular complexity index is 417. The van der Waals surface area contributed by atoms with Crippen molar-refractivity contribution in [3.8, 4) is 0 Å². The zero-order chi connectivity index (χ0) is 10.7. The van der Waals surface area contributed by atoms with Crippen LogP contribution in [0.15, 0.2) is 23.8 Å². The maximum absolute atomic E-state index is 5.64. The average molecular weight is 221 g/mol. The predicted octanol–water partition coefficient (Wildman–Crippen LogP) is 1.73. The number of hydrogen-bond donors (Lipinski definition) is 1. The van der Waals surface area contributed by atoms with Crippen molar-refractivity contribution in [2.45, 2.75) is 19.4 Å². The lowest BCUT2D eigenvalue weighted by molar-refractivity contribution is 0.789. The molecule has 0 aliphatic carbocycles. The molecule has 0 aliphatic rings. The van der Waals surface area contributed by atoms with Crippen LogP contribution in [-0.4, -0.2) is 9.55 Å². The molecule has 0 spiro atoms. The van der Waals surface area contributed by atoms with Crippen LogP contribution in [0.5, 0.6) is 0 Å². The fourth-order valence-corrected chi connectivity index (χ4v) is 2.40. The Morgan fingerprint density at radius 3 is 3.00 bits per heavy atom. The van der Waals surface area contributed by atoms with Gasteiger partial charge in [-0.1, -0.05) is 6.07 Å². The SMILES string of the molecule is Cn1cnc(CN)c1CCc1cccs1. The van der Waals surface area contributed by atoms with Crippen molar-refractivity contribution in [1.29, 1.82) is 0 Å². The largest absolute Gasteiger partial charge is 0.337 e. The van der Waals surface area contributed by atoms with Crippen molar-refractivity contribution in [1.82, 2.24) is 9.55 Å². The van der Waals surface area contributed by atoms with Gasteiger partial charge in [-0.05, 0) is 24.3 Å². The Morgan fingerprint density at radius 1 is 1.47 bits per heavy atom. The molecule has 2 rings (SSSR count). The summed E-state index contributed by atoms with van der Waals surface area (Å²) in [7, 11) is 2.02. The molecule has 0 aromatic carbocycles. The van der Waals surface area contributed by atoms with E-state index < -0.39 is 0 Å². The third kappa shape index (κ3) is 2.27. The molecule has 3 nitrogen and oxygen atoms in total. The van der Waals surface area contributed by atoms with Crippen LogP contribution in [0.1, 0.15) is 16.3 Å². The summed E-state index contributed by atoms with van der Waals surface area (Å²) in [4.78, 5) is 5.69. The van der Waals surface area contributed by atoms with Gasteiger partial charge in [-0.3, -0.25) is 0 Å². The van der Waals surface area contributed by atoms with Gasteiger partial charge < -0.3 is 10.3 Å². The minimum atomic E-state index is 0.528. The molecule has 2 N–H and O–H groups in total. The van der Waals surface area contributed by atoms with Gasteiger partial charge >= 0.3 is 0 Å². The summed E-state index contributed by atoms with van der Waals surface area (Å²) in [5, 5.41) is 2.11. The standard InChI is InChI=1S/C11H15N3S/c1-14-8-13-10(7-12)11(14)5-4-9-3-2-6-15-9/h2-3,6,8H,4-5,7,12H2,1H3. The van der Waals surface area contributed by atoms with Gasteiger partial charge in [0.1, 0.15) is 0 Å². The first-order chi connectivity index (χ1) is 7.31. The van der Waals surface area contributed by atoms with Crippen molar-refractivity contribution >= 4 is 11.3 Å². The number of imidazole rings is 1. The van der Waals surface area contributed by atoms with Gasteiger partial charge in [0.25, 0.3) is 0 Å². The summed E-state index contributed by atoms with van der Waals surface area (Å²) in [6, 6.07) is 4.26. The molecular formula is C11H15N3S. The van der Waals surface area contributed by atoms with Crippen LogP contribution < -0.4 is 5.73 Å². The zero-order valence-electron chi connectivity index (χ0n) is 8.81. The van der Waals surface area contributed by atoms with E-state index in [9.17, 15) is 0 Å². The van der Waals surface area contributed by atoms with E-state index in [0.717, 1.165) is 18.5 Å². The molecule has 15 heavy (non-hydrogen) atoms. The minimum Gasteiger partial charge on any atom is -0.337 e. The first-order valence-electron chi connectivity index (χ1n) is 5.02. The van der Waals surface area contributed by atoms with Crippen LogP contribution in [0, 0.1) is 0 Å². The van der Waals surface area contributed by atoms with Gasteiger partial charge in [0.2, 0.25) is 0 Å². The Labute approximate surface area is 93.6 Å². The van der Waals surface area contributed by atoms with E-state index in [1.807, 2.05) is 13.4 Å². The van der Waals surface area contributed by atoms with Crippen LogP contribution in [0.2, 0.25) is 0 Å². The molecule has 0 amide bonds. The van der Waals surface area contributed by atoms with Crippen molar-refractivity contribution in [2.24, 2.45) is 12.8 Å². The highest BCUT2D eigenvalue weighted by Crippen LogP contribution is 2.14. The second-order valence-electron chi connectivity index (χ2n) is 3.53. The number of nitrogens with two attached hydrogens (primary N) is 1. The molecule has 80 valence electrons. The van der Waals surface area contributed by atoms with Gasteiger partial charge in [0.15, 0.2) is 0 Å². The topological polar surface area (TPSA) is 43.8 Å². The summed E-state index contributed by atoms with van der Waals surface area (Å²) in [6.45, 7) is 0.528. The lowest BCUT2D eigenvalue weighted by Gasteiger charge is -2.03. The summed E-state index contributed by atoms with van der Waals surface area (Å²) in [5.74, 6) is 0. The lowest BCUT2D eigenvalue weighted by atomic mass is 10.2. The smallest absolute Gasteiger partial charge is 0.0949 e. The van der Waals surface area contributed by atoms with Crippen molar-refractivity contribution < 1.29 is 0 Å². The molecule has 0 radical (unpaired) electrons. The highest BCUT2D eigenvalue weighted by Gasteiger charge is 2.07. The highest BCUT2D eigenvalue weighted by molar-refractivity contribution is 7.09. The van der Waals surface area contributed by atoms with E-state index in [1.165, 1.54) is 10.6 Å². The number of thiophene rings is 1. The van der Waals surface area contributed by atoms with E-state index in [1.54, 1.807) is 11.3 Å². The number of nitrogens with zero attached hydrogens (tertiary/aromatic N) is 2. The number of rotatable bonds is 4. The lowest BCUT2D eigenvalue weighted by Crippen LogP contribution is -2.05. The van der Waals surface area contributed by atoms with Gasteiger partial charge in [0.05, 0.1) is 12.0 Å². The summed E-state index contributed by atoms with van der Waals surface area (Å²) in [5.41, 5.74) is 7.92. The molecule has 2 aromatic rings. The van der Waals surface area contributed by atoms with E-state index >= 15 is 0 Å². The predicted molar refractivity (Wildman–Crippen MR) is 62.8 cm³/mol. The zero-order valence-corrected chi connectivity index (χ0v) is 9.63. The monoisotopic (exact) mass is 221 g/mol. The molecule has 0 unspecified atom stereocenters. The van der Waals surface area contributed by atoms with E-state index in [2.05, 4.69) is 27.1 Å². The Morgan fingerprint density at radius 2 is 2.33 bits per heavy atom. The van der Waals surface area contributed by atoms with Crippen molar-refractivity contribution in [3.05, 3.63) is 40.1 Å². The van der Waals surface area contributed by atoms with Gasteiger partial charge in [-0.15, -0.1) is 11.3 Å². The Balaban J connectivity index is 2.07. The van der Waals surface area contributed by atoms with Crippen LogP contribution in [-0.2, 0) is 26.4 Å². The van der Waals surface area contributed by atoms with E-state index in [0.29, 0.717) is 6.54 Å². The molecular weight excluding hydrogens is 206 g/mol. The maximum Gasteiger partial charge on any atom is 0.0949 e. The van der Waals surface area contributed by atoms with Crippen LogP contribution in [0.3, 0.4) is 0 Å². The van der Waals surface area contributed by atoms with E-state index in [-0.39, 0.29) is 0 Å². The molecule has 2 heterocycles. The summed E-state index contributed by atoms with van der Waals surface area (Å²) >= 11 is 1.80. The quantitative estimate of drug-likeness (QED) is 0.854. The molecule has 0 atom stereocenters. The van der Waals surface area contributed by atoms with Gasteiger partial charge in [-0.2, -0.15) is 0 Å². The number of aryl methyl sites for hydroxylation is 2. The van der Waals surface area contributed by atoms with Crippen molar-refractivity contribution in [2.75, 3.05) is 0 Å². The van der Waals surface area contributed by atoms with Crippen LogP contribution in [0.25, 0.3) is 0 Å². The molecule has 0 saturated carbocycles. The Hall–Kier alpha value is -1.13. The maximum atomic E-state index is 5.64.